The number of carbonyl (C=O) groups is 1. The summed E-state index contributed by atoms with van der Waals surface area (Å²) in [7, 11) is -1.06. The lowest BCUT2D eigenvalue weighted by atomic mass is 9.89. The highest BCUT2D eigenvalue weighted by Crippen LogP contribution is 2.34. The zero-order chi connectivity index (χ0) is 27.3. The monoisotopic (exact) mass is 536 g/mol. The number of nitrogens with one attached hydrogen (secondary N) is 1. The van der Waals surface area contributed by atoms with E-state index in [0.29, 0.717) is 23.6 Å². The topological polar surface area (TPSA) is 84.9 Å². The summed E-state index contributed by atoms with van der Waals surface area (Å²) in [6, 6.07) is 17.6. The molecule has 1 amide bonds. The number of nitrogens with zero attached hydrogens (tertiary/aromatic N) is 1. The Bertz CT molecular complexity index is 1390. The average Bonchev–Trinajstić information content (AvgIpc) is 2.94. The fourth-order valence-electron chi connectivity index (χ4n) is 4.89. The fraction of sp³-hybridized carbons (Fsp3) is 0.367. The Morgan fingerprint density at radius 3 is 2.26 bits per heavy atom. The smallest absolute Gasteiger partial charge is 0.264 e. The number of hydrogen-bond acceptors (Lipinski definition) is 5. The first kappa shape index (κ1) is 27.5. The summed E-state index contributed by atoms with van der Waals surface area (Å²) in [4.78, 5) is 13.5. The van der Waals surface area contributed by atoms with Crippen LogP contribution in [0.15, 0.2) is 65.6 Å². The van der Waals surface area contributed by atoms with Crippen LogP contribution in [-0.4, -0.2) is 35.1 Å². The Labute approximate surface area is 225 Å². The van der Waals surface area contributed by atoms with Gasteiger partial charge in [0.2, 0.25) is 5.91 Å². The lowest BCUT2D eigenvalue weighted by Crippen LogP contribution is -2.42. The second-order valence-corrected chi connectivity index (χ2v) is 11.5. The molecule has 0 fully saturated rings. The minimum atomic E-state index is -4.05. The van der Waals surface area contributed by atoms with E-state index in [1.807, 2.05) is 13.8 Å². The number of anilines is 1. The van der Waals surface area contributed by atoms with Crippen LogP contribution in [0.3, 0.4) is 0 Å². The van der Waals surface area contributed by atoms with Crippen LogP contribution in [-0.2, 0) is 27.7 Å². The minimum Gasteiger partial charge on any atom is -0.493 e. The molecular formula is C30H36N2O5S. The van der Waals surface area contributed by atoms with E-state index in [0.717, 1.165) is 28.3 Å². The molecule has 1 N–H and O–H groups in total. The molecule has 3 aromatic rings. The van der Waals surface area contributed by atoms with E-state index in [2.05, 4.69) is 23.5 Å². The lowest BCUT2D eigenvalue weighted by molar-refractivity contribution is -0.120. The zero-order valence-corrected chi connectivity index (χ0v) is 23.3. The second kappa shape index (κ2) is 11.9. The number of benzene rings is 3. The fourth-order valence-corrected chi connectivity index (χ4v) is 6.31. The molecule has 3 aromatic carbocycles. The maximum Gasteiger partial charge on any atom is 0.264 e. The van der Waals surface area contributed by atoms with Crippen molar-refractivity contribution >= 4 is 21.6 Å². The van der Waals surface area contributed by atoms with Gasteiger partial charge in [0, 0.05) is 6.07 Å². The molecule has 7 nitrogen and oxygen atoms in total. The molecule has 0 aliphatic heterocycles. The second-order valence-electron chi connectivity index (χ2n) is 9.63. The molecule has 1 aliphatic carbocycles. The van der Waals surface area contributed by atoms with Crippen LogP contribution in [0.1, 0.15) is 54.5 Å². The molecule has 0 saturated heterocycles. The van der Waals surface area contributed by atoms with Crippen LogP contribution in [0.2, 0.25) is 0 Å². The molecule has 0 bridgehead atoms. The van der Waals surface area contributed by atoms with Crippen LogP contribution in [0.5, 0.6) is 11.5 Å². The number of fused-ring (bicyclic) bond motifs is 1. The average molecular weight is 537 g/mol. The van der Waals surface area contributed by atoms with Gasteiger partial charge in [-0.1, -0.05) is 42.8 Å². The van der Waals surface area contributed by atoms with Crippen molar-refractivity contribution in [1.29, 1.82) is 0 Å². The van der Waals surface area contributed by atoms with E-state index >= 15 is 0 Å². The van der Waals surface area contributed by atoms with Gasteiger partial charge in [-0.2, -0.15) is 0 Å². The molecular weight excluding hydrogens is 500 g/mol. The van der Waals surface area contributed by atoms with Crippen molar-refractivity contribution in [2.75, 3.05) is 25.1 Å². The maximum absolute atomic E-state index is 13.8. The summed E-state index contributed by atoms with van der Waals surface area (Å²) in [5, 5.41) is 3.07. The number of rotatable bonds is 10. The molecule has 202 valence electrons. The molecule has 1 atom stereocenters. The largest absolute Gasteiger partial charge is 0.493 e. The predicted molar refractivity (Wildman–Crippen MR) is 150 cm³/mol. The van der Waals surface area contributed by atoms with Crippen LogP contribution >= 0.6 is 0 Å². The number of ether oxygens (including phenoxy) is 2. The SMILES string of the molecule is CC[C@@H](NC(=O)CN(c1ccc(OC)c(OC)c1)S(=O)(=O)c1ccc(C)cc1)c1ccc2c(c1)CCCC2. The molecule has 38 heavy (non-hydrogen) atoms. The number of hydrogen-bond donors (Lipinski definition) is 1. The van der Waals surface area contributed by atoms with Crippen molar-refractivity contribution in [3.05, 3.63) is 82.9 Å². The zero-order valence-electron chi connectivity index (χ0n) is 22.5. The third-order valence-corrected chi connectivity index (χ3v) is 8.86. The Balaban J connectivity index is 1.64. The third-order valence-electron chi connectivity index (χ3n) is 7.07. The van der Waals surface area contributed by atoms with Gasteiger partial charge in [-0.05, 0) is 80.0 Å². The van der Waals surface area contributed by atoms with Gasteiger partial charge >= 0.3 is 0 Å². The Morgan fingerprint density at radius 2 is 1.61 bits per heavy atom. The van der Waals surface area contributed by atoms with Gasteiger partial charge in [0.05, 0.1) is 30.8 Å². The number of methoxy groups -OCH3 is 2. The summed E-state index contributed by atoms with van der Waals surface area (Å²) in [5.41, 5.74) is 5.01. The summed E-state index contributed by atoms with van der Waals surface area (Å²) in [6.07, 6.45) is 5.22. The van der Waals surface area contributed by atoms with Gasteiger partial charge in [-0.3, -0.25) is 9.10 Å². The van der Waals surface area contributed by atoms with Crippen LogP contribution in [0.25, 0.3) is 0 Å². The van der Waals surface area contributed by atoms with Gasteiger partial charge in [-0.15, -0.1) is 0 Å². The highest BCUT2D eigenvalue weighted by molar-refractivity contribution is 7.92. The van der Waals surface area contributed by atoms with Crippen molar-refractivity contribution in [1.82, 2.24) is 5.32 Å². The molecule has 0 aromatic heterocycles. The highest BCUT2D eigenvalue weighted by atomic mass is 32.2. The standard InChI is InChI=1S/C30H36N2O5S/c1-5-27(24-13-12-22-8-6-7-9-23(22)18-24)31-30(33)20-32(25-14-17-28(36-3)29(19-25)37-4)38(34,35)26-15-10-21(2)11-16-26/h10-19,27H,5-9,20H2,1-4H3,(H,31,33)/t27-/m1/s1. The first-order valence-electron chi connectivity index (χ1n) is 13.0. The molecule has 0 heterocycles. The summed E-state index contributed by atoms with van der Waals surface area (Å²) in [6.45, 7) is 3.52. The first-order chi connectivity index (χ1) is 18.3. The molecule has 4 rings (SSSR count). The highest BCUT2D eigenvalue weighted by Gasteiger charge is 2.29. The number of aryl methyl sites for hydroxylation is 3. The van der Waals surface area contributed by atoms with Crippen molar-refractivity contribution in [3.8, 4) is 11.5 Å². The van der Waals surface area contributed by atoms with Crippen LogP contribution in [0.4, 0.5) is 5.69 Å². The Hall–Kier alpha value is -3.52. The molecule has 1 aliphatic rings. The van der Waals surface area contributed by atoms with Gasteiger partial charge in [0.15, 0.2) is 11.5 Å². The number of amides is 1. The number of carbonyl (C=O) groups excluding carboxylic acids is 1. The molecule has 0 saturated carbocycles. The first-order valence-corrected chi connectivity index (χ1v) is 14.4. The summed E-state index contributed by atoms with van der Waals surface area (Å²) < 4.78 is 39.4. The van der Waals surface area contributed by atoms with E-state index in [9.17, 15) is 13.2 Å². The van der Waals surface area contributed by atoms with Gasteiger partial charge in [0.1, 0.15) is 6.54 Å². The molecule has 0 spiro atoms. The molecule has 0 unspecified atom stereocenters. The Morgan fingerprint density at radius 1 is 0.921 bits per heavy atom. The molecule has 0 radical (unpaired) electrons. The van der Waals surface area contributed by atoms with Gasteiger partial charge in [-0.25, -0.2) is 8.42 Å². The quantitative estimate of drug-likeness (QED) is 0.377. The van der Waals surface area contributed by atoms with E-state index in [1.165, 1.54) is 38.2 Å². The maximum atomic E-state index is 13.8. The lowest BCUT2D eigenvalue weighted by Gasteiger charge is -2.27. The van der Waals surface area contributed by atoms with Crippen molar-refractivity contribution in [2.45, 2.75) is 56.9 Å². The summed E-state index contributed by atoms with van der Waals surface area (Å²) in [5.74, 6) is 0.446. The summed E-state index contributed by atoms with van der Waals surface area (Å²) >= 11 is 0. The minimum absolute atomic E-state index is 0.104. The van der Waals surface area contributed by atoms with Crippen molar-refractivity contribution in [3.63, 3.8) is 0 Å². The normalized spacial score (nSPS) is 13.8. The van der Waals surface area contributed by atoms with Crippen molar-refractivity contribution < 1.29 is 22.7 Å². The van der Waals surface area contributed by atoms with Crippen LogP contribution in [0, 0.1) is 6.92 Å². The Kier molecular flexibility index (Phi) is 8.62. The van der Waals surface area contributed by atoms with E-state index < -0.39 is 10.0 Å². The van der Waals surface area contributed by atoms with Gasteiger partial charge in [0.25, 0.3) is 10.0 Å². The predicted octanol–water partition coefficient (Wildman–Crippen LogP) is 5.35. The number of sulfonamides is 1. The van der Waals surface area contributed by atoms with Gasteiger partial charge < -0.3 is 14.8 Å². The van der Waals surface area contributed by atoms with Crippen molar-refractivity contribution in [2.24, 2.45) is 0 Å². The van der Waals surface area contributed by atoms with E-state index in [4.69, 9.17) is 9.47 Å². The third kappa shape index (κ3) is 5.96. The van der Waals surface area contributed by atoms with E-state index in [-0.39, 0.29) is 23.4 Å². The molecule has 8 heteroatoms. The van der Waals surface area contributed by atoms with E-state index in [1.54, 1.807) is 42.5 Å². The van der Waals surface area contributed by atoms with Crippen LogP contribution < -0.4 is 19.1 Å².